The van der Waals surface area contributed by atoms with Gasteiger partial charge in [0, 0.05) is 12.1 Å². The van der Waals surface area contributed by atoms with Gasteiger partial charge in [0.05, 0.1) is 0 Å². The molecule has 1 saturated carbocycles. The number of carbonyl (C=O) groups is 1. The molecule has 1 N–H and O–H groups in total. The second kappa shape index (κ2) is 3.82. The highest BCUT2D eigenvalue weighted by atomic mass is 16.1. The third kappa shape index (κ3) is 2.13. The Morgan fingerprint density at radius 3 is 2.93 bits per heavy atom. The maximum Gasteiger partial charge on any atom is 0.224 e. The van der Waals surface area contributed by atoms with Gasteiger partial charge in [-0.1, -0.05) is 19.1 Å². The molecule has 2 nitrogen and oxygen atoms in total. The fourth-order valence-corrected chi connectivity index (χ4v) is 1.54. The normalized spacial score (nSPS) is 15.2. The van der Waals surface area contributed by atoms with Crippen molar-refractivity contribution in [1.82, 2.24) is 0 Å². The van der Waals surface area contributed by atoms with E-state index in [0.717, 1.165) is 11.6 Å². The predicted molar refractivity (Wildman–Crippen MR) is 57.3 cm³/mol. The third-order valence-electron chi connectivity index (χ3n) is 2.54. The predicted octanol–water partition coefficient (Wildman–Crippen LogP) is 2.91. The Bertz CT molecular complexity index is 342. The standard InChI is InChI=1S/C12H15NO/c1-2-12(14)13-11-5-3-4-10(8-11)9-6-7-9/h3-5,8-9H,2,6-7H2,1H3,(H,13,14). The average molecular weight is 189 g/mol. The molecule has 0 aromatic heterocycles. The number of nitrogens with one attached hydrogen (secondary N) is 1. The molecule has 0 aliphatic heterocycles. The number of rotatable bonds is 3. The van der Waals surface area contributed by atoms with E-state index in [0.29, 0.717) is 6.42 Å². The van der Waals surface area contributed by atoms with Crippen LogP contribution in [0.3, 0.4) is 0 Å². The number of benzene rings is 1. The number of anilines is 1. The maximum absolute atomic E-state index is 11.2. The quantitative estimate of drug-likeness (QED) is 0.778. The van der Waals surface area contributed by atoms with Crippen molar-refractivity contribution in [2.24, 2.45) is 0 Å². The van der Waals surface area contributed by atoms with Crippen LogP contribution in [0.5, 0.6) is 0 Å². The molecule has 1 aromatic rings. The Kier molecular flexibility index (Phi) is 2.53. The van der Waals surface area contributed by atoms with Gasteiger partial charge in [-0.3, -0.25) is 4.79 Å². The summed E-state index contributed by atoms with van der Waals surface area (Å²) in [6.07, 6.45) is 3.13. The Hall–Kier alpha value is -1.31. The molecule has 0 radical (unpaired) electrons. The van der Waals surface area contributed by atoms with Gasteiger partial charge in [-0.25, -0.2) is 0 Å². The average Bonchev–Trinajstić information content (AvgIpc) is 3.01. The summed E-state index contributed by atoms with van der Waals surface area (Å²) in [7, 11) is 0. The molecular weight excluding hydrogens is 174 g/mol. The lowest BCUT2D eigenvalue weighted by Gasteiger charge is -2.05. The lowest BCUT2D eigenvalue weighted by Crippen LogP contribution is -2.09. The van der Waals surface area contributed by atoms with Gasteiger partial charge >= 0.3 is 0 Å². The van der Waals surface area contributed by atoms with Crippen molar-refractivity contribution < 1.29 is 4.79 Å². The molecule has 0 spiro atoms. The fourth-order valence-electron chi connectivity index (χ4n) is 1.54. The van der Waals surface area contributed by atoms with E-state index in [1.807, 2.05) is 19.1 Å². The largest absolute Gasteiger partial charge is 0.326 e. The van der Waals surface area contributed by atoms with Gasteiger partial charge in [0.15, 0.2) is 0 Å². The highest BCUT2D eigenvalue weighted by molar-refractivity contribution is 5.90. The number of hydrogen-bond acceptors (Lipinski definition) is 1. The second-order valence-electron chi connectivity index (χ2n) is 3.80. The van der Waals surface area contributed by atoms with Gasteiger partial charge < -0.3 is 5.32 Å². The number of carbonyl (C=O) groups excluding carboxylic acids is 1. The SMILES string of the molecule is CCC(=O)Nc1cccc(C2CC2)c1. The third-order valence-corrected chi connectivity index (χ3v) is 2.54. The van der Waals surface area contributed by atoms with Crippen molar-refractivity contribution in [3.05, 3.63) is 29.8 Å². The Balaban J connectivity index is 2.09. The topological polar surface area (TPSA) is 29.1 Å². The van der Waals surface area contributed by atoms with Crippen LogP contribution in [-0.4, -0.2) is 5.91 Å². The molecule has 0 heterocycles. The van der Waals surface area contributed by atoms with Crippen LogP contribution in [0.15, 0.2) is 24.3 Å². The zero-order valence-electron chi connectivity index (χ0n) is 8.42. The van der Waals surface area contributed by atoms with Crippen LogP contribution in [0.2, 0.25) is 0 Å². The summed E-state index contributed by atoms with van der Waals surface area (Å²) in [5.74, 6) is 0.825. The van der Waals surface area contributed by atoms with Crippen molar-refractivity contribution in [2.45, 2.75) is 32.1 Å². The minimum absolute atomic E-state index is 0.0814. The minimum atomic E-state index is 0.0814. The van der Waals surface area contributed by atoms with Crippen LogP contribution in [0.1, 0.15) is 37.7 Å². The molecule has 74 valence electrons. The van der Waals surface area contributed by atoms with Crippen LogP contribution in [0, 0.1) is 0 Å². The number of hydrogen-bond donors (Lipinski definition) is 1. The van der Waals surface area contributed by atoms with Crippen molar-refractivity contribution >= 4 is 11.6 Å². The molecule has 1 fully saturated rings. The van der Waals surface area contributed by atoms with E-state index in [1.165, 1.54) is 18.4 Å². The van der Waals surface area contributed by atoms with E-state index >= 15 is 0 Å². The van der Waals surface area contributed by atoms with E-state index in [1.54, 1.807) is 0 Å². The summed E-state index contributed by atoms with van der Waals surface area (Å²) in [5.41, 5.74) is 2.29. The highest BCUT2D eigenvalue weighted by Crippen LogP contribution is 2.40. The molecule has 2 heteroatoms. The summed E-state index contributed by atoms with van der Waals surface area (Å²) in [5, 5.41) is 2.88. The molecule has 1 aliphatic carbocycles. The fraction of sp³-hybridized carbons (Fsp3) is 0.417. The van der Waals surface area contributed by atoms with Gasteiger partial charge in [0.25, 0.3) is 0 Å². The number of amides is 1. The molecule has 14 heavy (non-hydrogen) atoms. The Morgan fingerprint density at radius 1 is 1.50 bits per heavy atom. The summed E-state index contributed by atoms with van der Waals surface area (Å²) in [6.45, 7) is 1.86. The van der Waals surface area contributed by atoms with Crippen molar-refractivity contribution in [2.75, 3.05) is 5.32 Å². The molecular formula is C12H15NO. The second-order valence-corrected chi connectivity index (χ2v) is 3.80. The van der Waals surface area contributed by atoms with Crippen molar-refractivity contribution in [3.63, 3.8) is 0 Å². The van der Waals surface area contributed by atoms with E-state index in [9.17, 15) is 4.79 Å². The first-order valence-electron chi connectivity index (χ1n) is 5.19. The van der Waals surface area contributed by atoms with E-state index in [2.05, 4.69) is 17.4 Å². The molecule has 0 bridgehead atoms. The molecule has 0 saturated heterocycles. The minimum Gasteiger partial charge on any atom is -0.326 e. The van der Waals surface area contributed by atoms with Crippen LogP contribution < -0.4 is 5.32 Å². The summed E-state index contributed by atoms with van der Waals surface area (Å²) in [4.78, 5) is 11.2. The van der Waals surface area contributed by atoms with E-state index in [4.69, 9.17) is 0 Å². The van der Waals surface area contributed by atoms with Crippen molar-refractivity contribution in [1.29, 1.82) is 0 Å². The first-order chi connectivity index (χ1) is 6.79. The van der Waals surface area contributed by atoms with E-state index < -0.39 is 0 Å². The van der Waals surface area contributed by atoms with Crippen LogP contribution >= 0.6 is 0 Å². The first kappa shape index (κ1) is 9.25. The van der Waals surface area contributed by atoms with Gasteiger partial charge in [-0.2, -0.15) is 0 Å². The molecule has 2 rings (SSSR count). The molecule has 1 amide bonds. The van der Waals surface area contributed by atoms with Crippen molar-refractivity contribution in [3.8, 4) is 0 Å². The van der Waals surface area contributed by atoms with Crippen LogP contribution in [0.25, 0.3) is 0 Å². The van der Waals surface area contributed by atoms with E-state index in [-0.39, 0.29) is 5.91 Å². The first-order valence-corrected chi connectivity index (χ1v) is 5.19. The van der Waals surface area contributed by atoms with Gasteiger partial charge in [0.1, 0.15) is 0 Å². The molecule has 0 unspecified atom stereocenters. The zero-order chi connectivity index (χ0) is 9.97. The summed E-state index contributed by atoms with van der Waals surface area (Å²) in [6, 6.07) is 8.18. The van der Waals surface area contributed by atoms with Gasteiger partial charge in [-0.05, 0) is 36.5 Å². The van der Waals surface area contributed by atoms with Gasteiger partial charge in [-0.15, -0.1) is 0 Å². The monoisotopic (exact) mass is 189 g/mol. The summed E-state index contributed by atoms with van der Waals surface area (Å²) >= 11 is 0. The van der Waals surface area contributed by atoms with Gasteiger partial charge in [0.2, 0.25) is 5.91 Å². The van der Waals surface area contributed by atoms with Crippen LogP contribution in [0.4, 0.5) is 5.69 Å². The molecule has 1 aromatic carbocycles. The molecule has 0 atom stereocenters. The zero-order valence-corrected chi connectivity index (χ0v) is 8.42. The highest BCUT2D eigenvalue weighted by Gasteiger charge is 2.23. The molecule has 1 aliphatic rings. The Labute approximate surface area is 84.3 Å². The maximum atomic E-state index is 11.2. The smallest absolute Gasteiger partial charge is 0.224 e. The summed E-state index contributed by atoms with van der Waals surface area (Å²) < 4.78 is 0. The van der Waals surface area contributed by atoms with Crippen LogP contribution in [-0.2, 0) is 4.79 Å². The Morgan fingerprint density at radius 2 is 2.29 bits per heavy atom. The lowest BCUT2D eigenvalue weighted by molar-refractivity contribution is -0.115. The lowest BCUT2D eigenvalue weighted by atomic mass is 10.1.